The van der Waals surface area contributed by atoms with Gasteiger partial charge < -0.3 is 14.8 Å². The monoisotopic (exact) mass is 373 g/mol. The number of hydrogen-bond donors (Lipinski definition) is 1. The highest BCUT2D eigenvalue weighted by molar-refractivity contribution is 5.91. The first-order valence-electron chi connectivity index (χ1n) is 9.15. The molecule has 0 saturated carbocycles. The minimum atomic E-state index is -0.122. The lowest BCUT2D eigenvalue weighted by atomic mass is 10.1. The summed E-state index contributed by atoms with van der Waals surface area (Å²) in [4.78, 5) is 12.0. The molecule has 3 aromatic carbocycles. The molecule has 4 nitrogen and oxygen atoms in total. The molecular weight excluding hydrogens is 350 g/mol. The SMILES string of the molecule is COc1ccc(CCNC(=O)/C=C/c2cccc(Oc3ccccc3)c2)cc1. The van der Waals surface area contributed by atoms with E-state index in [1.807, 2.05) is 78.9 Å². The fourth-order valence-corrected chi connectivity index (χ4v) is 2.66. The Balaban J connectivity index is 1.48. The fraction of sp³-hybridized carbons (Fsp3) is 0.125. The van der Waals surface area contributed by atoms with Crippen LogP contribution in [-0.4, -0.2) is 19.6 Å². The minimum Gasteiger partial charge on any atom is -0.497 e. The van der Waals surface area contributed by atoms with Crippen LogP contribution in [0, 0.1) is 0 Å². The molecule has 4 heteroatoms. The number of para-hydroxylation sites is 1. The quantitative estimate of drug-likeness (QED) is 0.574. The molecular formula is C24H23NO3. The van der Waals surface area contributed by atoms with Gasteiger partial charge in [0.25, 0.3) is 0 Å². The van der Waals surface area contributed by atoms with Crippen LogP contribution in [0.25, 0.3) is 6.08 Å². The number of methoxy groups -OCH3 is 1. The summed E-state index contributed by atoms with van der Waals surface area (Å²) in [7, 11) is 1.64. The Labute approximate surface area is 165 Å². The van der Waals surface area contributed by atoms with Gasteiger partial charge in [0.15, 0.2) is 0 Å². The first-order valence-corrected chi connectivity index (χ1v) is 9.15. The van der Waals surface area contributed by atoms with Crippen LogP contribution < -0.4 is 14.8 Å². The van der Waals surface area contributed by atoms with Crippen molar-refractivity contribution in [3.8, 4) is 17.2 Å². The van der Waals surface area contributed by atoms with Gasteiger partial charge in [-0.15, -0.1) is 0 Å². The zero-order valence-electron chi connectivity index (χ0n) is 15.8. The predicted octanol–water partition coefficient (Wildman–Crippen LogP) is 4.86. The van der Waals surface area contributed by atoms with Crippen LogP contribution >= 0.6 is 0 Å². The van der Waals surface area contributed by atoms with Crippen LogP contribution in [0.1, 0.15) is 11.1 Å². The van der Waals surface area contributed by atoms with Crippen LogP contribution in [0.2, 0.25) is 0 Å². The fourth-order valence-electron chi connectivity index (χ4n) is 2.66. The van der Waals surface area contributed by atoms with Gasteiger partial charge in [0.2, 0.25) is 5.91 Å². The van der Waals surface area contributed by atoms with Gasteiger partial charge in [0.1, 0.15) is 17.2 Å². The van der Waals surface area contributed by atoms with Gasteiger partial charge in [0, 0.05) is 12.6 Å². The van der Waals surface area contributed by atoms with Crippen molar-refractivity contribution in [3.63, 3.8) is 0 Å². The summed E-state index contributed by atoms with van der Waals surface area (Å²) in [6.45, 7) is 0.576. The Morgan fingerprint density at radius 3 is 2.39 bits per heavy atom. The van der Waals surface area contributed by atoms with Crippen LogP contribution in [0.4, 0.5) is 0 Å². The average Bonchev–Trinajstić information content (AvgIpc) is 2.74. The molecule has 142 valence electrons. The molecule has 28 heavy (non-hydrogen) atoms. The van der Waals surface area contributed by atoms with Gasteiger partial charge in [-0.1, -0.05) is 42.5 Å². The summed E-state index contributed by atoms with van der Waals surface area (Å²) >= 11 is 0. The Hall–Kier alpha value is -3.53. The van der Waals surface area contributed by atoms with E-state index in [-0.39, 0.29) is 5.91 Å². The van der Waals surface area contributed by atoms with Crippen LogP contribution in [0.15, 0.2) is 84.9 Å². The van der Waals surface area contributed by atoms with Gasteiger partial charge >= 0.3 is 0 Å². The second kappa shape index (κ2) is 9.97. The number of ether oxygens (including phenoxy) is 2. The third-order valence-electron chi connectivity index (χ3n) is 4.14. The minimum absolute atomic E-state index is 0.122. The predicted molar refractivity (Wildman–Crippen MR) is 112 cm³/mol. The number of hydrogen-bond acceptors (Lipinski definition) is 3. The van der Waals surface area contributed by atoms with Crippen molar-refractivity contribution in [2.45, 2.75) is 6.42 Å². The normalized spacial score (nSPS) is 10.6. The molecule has 0 unspecified atom stereocenters. The van der Waals surface area contributed by atoms with E-state index in [1.54, 1.807) is 13.2 Å². The van der Waals surface area contributed by atoms with E-state index in [0.29, 0.717) is 6.54 Å². The smallest absolute Gasteiger partial charge is 0.244 e. The lowest BCUT2D eigenvalue weighted by molar-refractivity contribution is -0.116. The highest BCUT2D eigenvalue weighted by Crippen LogP contribution is 2.22. The zero-order valence-corrected chi connectivity index (χ0v) is 15.8. The third kappa shape index (κ3) is 6.02. The van der Waals surface area contributed by atoms with E-state index in [4.69, 9.17) is 9.47 Å². The largest absolute Gasteiger partial charge is 0.497 e. The van der Waals surface area contributed by atoms with E-state index < -0.39 is 0 Å². The van der Waals surface area contributed by atoms with Crippen LogP contribution in [0.5, 0.6) is 17.2 Å². The van der Waals surface area contributed by atoms with Crippen molar-refractivity contribution in [2.75, 3.05) is 13.7 Å². The number of nitrogens with one attached hydrogen (secondary N) is 1. The lowest BCUT2D eigenvalue weighted by Gasteiger charge is -2.06. The summed E-state index contributed by atoms with van der Waals surface area (Å²) < 4.78 is 11.0. The van der Waals surface area contributed by atoms with E-state index in [2.05, 4.69) is 5.32 Å². The number of benzene rings is 3. The van der Waals surface area contributed by atoms with Gasteiger partial charge in [-0.3, -0.25) is 4.79 Å². The zero-order chi connectivity index (χ0) is 19.6. The molecule has 0 aromatic heterocycles. The molecule has 3 rings (SSSR count). The second-order valence-electron chi connectivity index (χ2n) is 6.21. The summed E-state index contributed by atoms with van der Waals surface area (Å²) in [5.41, 5.74) is 2.05. The molecule has 0 fully saturated rings. The number of rotatable bonds is 8. The summed E-state index contributed by atoms with van der Waals surface area (Å²) in [6.07, 6.45) is 4.08. The lowest BCUT2D eigenvalue weighted by Crippen LogP contribution is -2.23. The molecule has 0 radical (unpaired) electrons. The van der Waals surface area contributed by atoms with Crippen molar-refractivity contribution < 1.29 is 14.3 Å². The Bertz CT molecular complexity index is 918. The van der Waals surface area contributed by atoms with Gasteiger partial charge in [-0.25, -0.2) is 0 Å². The molecule has 0 heterocycles. The number of amides is 1. The summed E-state index contributed by atoms with van der Waals surface area (Å²) in [6, 6.07) is 25.1. The van der Waals surface area contributed by atoms with E-state index in [0.717, 1.165) is 34.8 Å². The molecule has 0 aliphatic carbocycles. The van der Waals surface area contributed by atoms with Gasteiger partial charge in [0.05, 0.1) is 7.11 Å². The maximum atomic E-state index is 12.0. The maximum absolute atomic E-state index is 12.0. The summed E-state index contributed by atoms with van der Waals surface area (Å²) in [5.74, 6) is 2.21. The maximum Gasteiger partial charge on any atom is 0.244 e. The molecule has 3 aromatic rings. The van der Waals surface area contributed by atoms with Crippen molar-refractivity contribution in [2.24, 2.45) is 0 Å². The Morgan fingerprint density at radius 1 is 0.893 bits per heavy atom. The molecule has 1 N–H and O–H groups in total. The van der Waals surface area contributed by atoms with Crippen LogP contribution in [-0.2, 0) is 11.2 Å². The molecule has 0 aliphatic rings. The van der Waals surface area contributed by atoms with E-state index in [9.17, 15) is 4.79 Å². The second-order valence-corrected chi connectivity index (χ2v) is 6.21. The highest BCUT2D eigenvalue weighted by Gasteiger charge is 2.00. The van der Waals surface area contributed by atoms with Crippen molar-refractivity contribution in [1.29, 1.82) is 0 Å². The van der Waals surface area contributed by atoms with E-state index in [1.165, 1.54) is 6.08 Å². The first kappa shape index (κ1) is 19.2. The van der Waals surface area contributed by atoms with E-state index >= 15 is 0 Å². The first-order chi connectivity index (χ1) is 13.7. The van der Waals surface area contributed by atoms with Crippen molar-refractivity contribution in [1.82, 2.24) is 5.32 Å². The molecule has 0 atom stereocenters. The number of carbonyl (C=O) groups excluding carboxylic acids is 1. The van der Waals surface area contributed by atoms with Crippen LogP contribution in [0.3, 0.4) is 0 Å². The molecule has 1 amide bonds. The van der Waals surface area contributed by atoms with Crippen molar-refractivity contribution in [3.05, 3.63) is 96.1 Å². The highest BCUT2D eigenvalue weighted by atomic mass is 16.5. The summed E-state index contributed by atoms with van der Waals surface area (Å²) in [5, 5.41) is 2.90. The molecule has 0 aliphatic heterocycles. The molecule has 0 saturated heterocycles. The Morgan fingerprint density at radius 2 is 1.64 bits per heavy atom. The average molecular weight is 373 g/mol. The van der Waals surface area contributed by atoms with Crippen molar-refractivity contribution >= 4 is 12.0 Å². The topological polar surface area (TPSA) is 47.6 Å². The Kier molecular flexibility index (Phi) is 6.85. The number of carbonyl (C=O) groups is 1. The molecule has 0 spiro atoms. The van der Waals surface area contributed by atoms with Gasteiger partial charge in [-0.05, 0) is 60.0 Å². The van der Waals surface area contributed by atoms with Gasteiger partial charge in [-0.2, -0.15) is 0 Å². The standard InChI is InChI=1S/C24H23NO3/c1-27-21-13-10-19(11-14-21)16-17-25-24(26)15-12-20-6-5-9-23(18-20)28-22-7-3-2-4-8-22/h2-15,18H,16-17H2,1H3,(H,25,26)/b15-12+. The molecule has 0 bridgehead atoms. The third-order valence-corrected chi connectivity index (χ3v) is 4.14.